The maximum absolute atomic E-state index is 12.4. The van der Waals surface area contributed by atoms with Crippen LogP contribution in [0.2, 0.25) is 0 Å². The van der Waals surface area contributed by atoms with E-state index in [0.717, 1.165) is 11.2 Å². The molecule has 1 N–H and O–H groups in total. The second-order valence-electron chi connectivity index (χ2n) is 5.58. The van der Waals surface area contributed by atoms with Gasteiger partial charge in [0.25, 0.3) is 0 Å². The molecule has 2 aromatic heterocycles. The number of pyridine rings is 1. The number of fused-ring (bicyclic) bond motifs is 1. The number of thioether (sulfide) groups is 1. The van der Waals surface area contributed by atoms with Crippen molar-refractivity contribution in [3.8, 4) is 11.5 Å². The van der Waals surface area contributed by atoms with Gasteiger partial charge in [0.15, 0.2) is 22.3 Å². The summed E-state index contributed by atoms with van der Waals surface area (Å²) in [7, 11) is 3.17. The number of ether oxygens (including phenoxy) is 2. The lowest BCUT2D eigenvalue weighted by Crippen LogP contribution is -2.30. The second-order valence-corrected chi connectivity index (χ2v) is 6.89. The highest BCUT2D eigenvalue weighted by molar-refractivity contribution is 8.00. The zero-order valence-corrected chi connectivity index (χ0v) is 15.6. The first-order valence-electron chi connectivity index (χ1n) is 8.07. The van der Waals surface area contributed by atoms with Gasteiger partial charge in [-0.15, -0.1) is 10.2 Å². The molecule has 3 rings (SSSR count). The average molecular weight is 372 g/mol. The van der Waals surface area contributed by atoms with Crippen LogP contribution in [-0.2, 0) is 11.3 Å². The molecule has 0 spiro atoms. The first kappa shape index (κ1) is 18.1. The van der Waals surface area contributed by atoms with Crippen molar-refractivity contribution < 1.29 is 14.3 Å². The Labute approximate surface area is 155 Å². The van der Waals surface area contributed by atoms with Gasteiger partial charge < -0.3 is 14.8 Å². The van der Waals surface area contributed by atoms with Gasteiger partial charge in [-0.2, -0.15) is 0 Å². The van der Waals surface area contributed by atoms with Crippen LogP contribution in [0.25, 0.3) is 5.65 Å². The number of benzene rings is 1. The van der Waals surface area contributed by atoms with Crippen molar-refractivity contribution in [3.63, 3.8) is 0 Å². The molecule has 0 unspecified atom stereocenters. The van der Waals surface area contributed by atoms with Gasteiger partial charge >= 0.3 is 0 Å². The number of nitrogens with one attached hydrogen (secondary N) is 1. The van der Waals surface area contributed by atoms with Crippen molar-refractivity contribution >= 4 is 23.3 Å². The van der Waals surface area contributed by atoms with Crippen LogP contribution in [0.4, 0.5) is 0 Å². The largest absolute Gasteiger partial charge is 0.493 e. The Morgan fingerprint density at radius 3 is 2.77 bits per heavy atom. The molecule has 0 bridgehead atoms. The molecule has 0 aliphatic heterocycles. The third-order valence-electron chi connectivity index (χ3n) is 3.85. The van der Waals surface area contributed by atoms with Crippen molar-refractivity contribution in [3.05, 3.63) is 48.2 Å². The van der Waals surface area contributed by atoms with Crippen molar-refractivity contribution in [1.82, 2.24) is 19.9 Å². The van der Waals surface area contributed by atoms with E-state index in [2.05, 4.69) is 15.5 Å². The van der Waals surface area contributed by atoms with E-state index in [1.807, 2.05) is 53.9 Å². The van der Waals surface area contributed by atoms with Gasteiger partial charge in [0.05, 0.1) is 19.5 Å². The summed E-state index contributed by atoms with van der Waals surface area (Å²) in [5, 5.41) is 11.6. The first-order valence-corrected chi connectivity index (χ1v) is 8.95. The summed E-state index contributed by atoms with van der Waals surface area (Å²) in [5.41, 5.74) is 1.69. The quantitative estimate of drug-likeness (QED) is 0.642. The zero-order chi connectivity index (χ0) is 18.5. The lowest BCUT2D eigenvalue weighted by molar-refractivity contribution is -0.120. The number of aromatic nitrogens is 3. The molecule has 0 saturated heterocycles. The highest BCUT2D eigenvalue weighted by Crippen LogP contribution is 2.27. The molecule has 0 radical (unpaired) electrons. The Kier molecular flexibility index (Phi) is 5.62. The zero-order valence-electron chi connectivity index (χ0n) is 14.8. The van der Waals surface area contributed by atoms with Crippen LogP contribution in [0.5, 0.6) is 11.5 Å². The van der Waals surface area contributed by atoms with Crippen LogP contribution in [-0.4, -0.2) is 40.0 Å². The minimum Gasteiger partial charge on any atom is -0.493 e. The molecule has 0 fully saturated rings. The van der Waals surface area contributed by atoms with Crippen LogP contribution >= 0.6 is 11.8 Å². The van der Waals surface area contributed by atoms with Gasteiger partial charge in [0.2, 0.25) is 5.91 Å². The lowest BCUT2D eigenvalue weighted by atomic mass is 10.2. The Morgan fingerprint density at radius 2 is 2.00 bits per heavy atom. The third-order valence-corrected chi connectivity index (χ3v) is 4.91. The van der Waals surface area contributed by atoms with Crippen molar-refractivity contribution in [2.24, 2.45) is 0 Å². The topological polar surface area (TPSA) is 77.8 Å². The fourth-order valence-corrected chi connectivity index (χ4v) is 3.30. The predicted octanol–water partition coefficient (Wildman–Crippen LogP) is 2.54. The number of methoxy groups -OCH3 is 2. The molecule has 1 amide bonds. The summed E-state index contributed by atoms with van der Waals surface area (Å²) in [4.78, 5) is 12.4. The van der Waals surface area contributed by atoms with Gasteiger partial charge in [-0.1, -0.05) is 23.9 Å². The normalized spacial score (nSPS) is 12.0. The van der Waals surface area contributed by atoms with Gasteiger partial charge in [-0.3, -0.25) is 9.20 Å². The summed E-state index contributed by atoms with van der Waals surface area (Å²) in [6.45, 7) is 2.25. The van der Waals surface area contributed by atoms with Gasteiger partial charge in [0, 0.05) is 12.7 Å². The van der Waals surface area contributed by atoms with Gasteiger partial charge in [-0.05, 0) is 36.8 Å². The molecule has 136 valence electrons. The van der Waals surface area contributed by atoms with Gasteiger partial charge in [0.1, 0.15) is 0 Å². The van der Waals surface area contributed by atoms with Crippen LogP contribution in [0, 0.1) is 0 Å². The van der Waals surface area contributed by atoms with Crippen LogP contribution in [0.3, 0.4) is 0 Å². The number of rotatable bonds is 7. The first-order chi connectivity index (χ1) is 12.6. The molecule has 0 aliphatic carbocycles. The maximum atomic E-state index is 12.4. The third kappa shape index (κ3) is 3.91. The summed E-state index contributed by atoms with van der Waals surface area (Å²) >= 11 is 1.37. The molecular formula is C18H20N4O3S. The molecule has 3 aromatic rings. The van der Waals surface area contributed by atoms with E-state index in [4.69, 9.17) is 9.47 Å². The van der Waals surface area contributed by atoms with E-state index in [1.165, 1.54) is 11.8 Å². The number of hydrogen-bond acceptors (Lipinski definition) is 6. The Hall–Kier alpha value is -2.74. The number of carbonyl (C=O) groups excluding carboxylic acids is 1. The SMILES string of the molecule is COc1ccc(CNC(=O)[C@@H](C)Sc2nnc3ccccn23)cc1OC. The fourth-order valence-electron chi connectivity index (χ4n) is 2.43. The Bertz CT molecular complexity index is 912. The maximum Gasteiger partial charge on any atom is 0.233 e. The number of hydrogen-bond donors (Lipinski definition) is 1. The van der Waals surface area contributed by atoms with Crippen molar-refractivity contribution in [2.75, 3.05) is 14.2 Å². The standard InChI is InChI=1S/C18H20N4O3S/c1-12(26-18-21-20-16-6-4-5-9-22(16)18)17(23)19-11-13-7-8-14(24-2)15(10-13)25-3/h4-10,12H,11H2,1-3H3,(H,19,23)/t12-/m1/s1. The lowest BCUT2D eigenvalue weighted by Gasteiger charge is -2.13. The van der Waals surface area contributed by atoms with Crippen LogP contribution in [0.15, 0.2) is 47.8 Å². The van der Waals surface area contributed by atoms with E-state index < -0.39 is 0 Å². The average Bonchev–Trinajstić information content (AvgIpc) is 3.08. The summed E-state index contributed by atoms with van der Waals surface area (Å²) in [6.07, 6.45) is 1.88. The molecule has 2 heterocycles. The molecule has 0 saturated carbocycles. The van der Waals surface area contributed by atoms with E-state index in [9.17, 15) is 4.79 Å². The molecule has 0 aliphatic rings. The highest BCUT2D eigenvalue weighted by atomic mass is 32.2. The summed E-state index contributed by atoms with van der Waals surface area (Å²) in [6, 6.07) is 11.2. The molecule has 1 aromatic carbocycles. The molecule has 8 heteroatoms. The van der Waals surface area contributed by atoms with Crippen molar-refractivity contribution in [1.29, 1.82) is 0 Å². The predicted molar refractivity (Wildman–Crippen MR) is 99.7 cm³/mol. The Balaban J connectivity index is 1.61. The smallest absolute Gasteiger partial charge is 0.233 e. The van der Waals surface area contributed by atoms with Crippen molar-refractivity contribution in [2.45, 2.75) is 23.9 Å². The van der Waals surface area contributed by atoms with E-state index in [-0.39, 0.29) is 11.2 Å². The minimum atomic E-state index is -0.303. The monoisotopic (exact) mass is 372 g/mol. The molecule has 1 atom stereocenters. The molecule has 7 nitrogen and oxygen atoms in total. The second kappa shape index (κ2) is 8.09. The Morgan fingerprint density at radius 1 is 1.19 bits per heavy atom. The molecule has 26 heavy (non-hydrogen) atoms. The number of amides is 1. The molecular weight excluding hydrogens is 352 g/mol. The summed E-state index contributed by atoms with van der Waals surface area (Å²) in [5.74, 6) is 1.22. The van der Waals surface area contributed by atoms with Gasteiger partial charge in [-0.25, -0.2) is 0 Å². The minimum absolute atomic E-state index is 0.0718. The van der Waals surface area contributed by atoms with E-state index >= 15 is 0 Å². The number of carbonyl (C=O) groups is 1. The highest BCUT2D eigenvalue weighted by Gasteiger charge is 2.17. The number of nitrogens with zero attached hydrogens (tertiary/aromatic N) is 3. The summed E-state index contributed by atoms with van der Waals surface area (Å²) < 4.78 is 12.4. The van der Waals surface area contributed by atoms with Crippen LogP contribution in [0.1, 0.15) is 12.5 Å². The van der Waals surface area contributed by atoms with Crippen LogP contribution < -0.4 is 14.8 Å². The fraction of sp³-hybridized carbons (Fsp3) is 0.278. The van der Waals surface area contributed by atoms with E-state index in [0.29, 0.717) is 23.2 Å². The van der Waals surface area contributed by atoms with E-state index in [1.54, 1.807) is 14.2 Å².